The van der Waals surface area contributed by atoms with Gasteiger partial charge in [0.05, 0.1) is 59.8 Å². The van der Waals surface area contributed by atoms with E-state index in [-0.39, 0.29) is 70.7 Å². The van der Waals surface area contributed by atoms with Crippen molar-refractivity contribution in [2.75, 3.05) is 47.7 Å². The Morgan fingerprint density at radius 3 is 1.91 bits per heavy atom. The van der Waals surface area contributed by atoms with Gasteiger partial charge in [-0.15, -0.1) is 0 Å². The van der Waals surface area contributed by atoms with Crippen LogP contribution < -0.4 is 28.1 Å². The molecule has 5 aliphatic carbocycles. The number of phenolic OH excluding ortho intramolecular Hbond substituents is 2. The Hall–Kier alpha value is -8.68. The largest absolute Gasteiger partial charge is 0.515 e. The number of aliphatic hydroxyl groups excluding tert-OH is 2. The number of fused-ring (bicyclic) bond motifs is 5. The van der Waals surface area contributed by atoms with E-state index in [0.29, 0.717) is 73.1 Å². The van der Waals surface area contributed by atoms with Gasteiger partial charge in [-0.3, -0.25) is 54.7 Å². The first-order valence-electron chi connectivity index (χ1n) is 26.8. The molecule has 0 radical (unpaired) electrons. The predicted molar refractivity (Wildman–Crippen MR) is 313 cm³/mol. The van der Waals surface area contributed by atoms with Crippen LogP contribution in [0, 0.1) is 11.8 Å². The number of aliphatic imine (C=N–C) groups is 1. The van der Waals surface area contributed by atoms with Gasteiger partial charge in [-0.25, -0.2) is 15.0 Å². The maximum absolute atomic E-state index is 11.6. The molecule has 4 aromatic rings. The summed E-state index contributed by atoms with van der Waals surface area (Å²) in [5.74, 6) is 6.00. The highest BCUT2D eigenvalue weighted by molar-refractivity contribution is 6.21. The van der Waals surface area contributed by atoms with Gasteiger partial charge in [0.2, 0.25) is 5.95 Å². The lowest BCUT2D eigenvalue weighted by Crippen LogP contribution is -2.38. The highest BCUT2D eigenvalue weighted by Crippen LogP contribution is 2.33. The molecule has 4 unspecified atom stereocenters. The zero-order valence-electron chi connectivity index (χ0n) is 47.7. The number of phenols is 2. The molecule has 0 amide bonds. The second-order valence-electron chi connectivity index (χ2n) is 19.8. The quantitative estimate of drug-likeness (QED) is 0.0202. The Labute approximate surface area is 477 Å². The van der Waals surface area contributed by atoms with Crippen molar-refractivity contribution in [3.8, 4) is 22.8 Å². The number of benzene rings is 2. The van der Waals surface area contributed by atoms with Crippen molar-refractivity contribution >= 4 is 70.4 Å². The summed E-state index contributed by atoms with van der Waals surface area (Å²) in [6.45, 7) is 0. The van der Waals surface area contributed by atoms with Gasteiger partial charge in [-0.1, -0.05) is 12.1 Å². The van der Waals surface area contributed by atoms with Gasteiger partial charge in [0.15, 0.2) is 23.3 Å². The molecule has 4 fully saturated rings. The zero-order chi connectivity index (χ0) is 60.5. The van der Waals surface area contributed by atoms with Gasteiger partial charge >= 0.3 is 0 Å². The van der Waals surface area contributed by atoms with Crippen LogP contribution in [-0.2, 0) is 48.7 Å². The molecule has 442 valence electrons. The molecule has 4 saturated carbocycles. The molecule has 25 heteroatoms. The number of aliphatic hydroxyl groups is 2. The third kappa shape index (κ3) is 19.8. The minimum absolute atomic E-state index is 0.0139. The molecule has 4 heterocycles. The van der Waals surface area contributed by atoms with Crippen molar-refractivity contribution in [3.05, 3.63) is 95.8 Å². The number of guanidine groups is 1. The van der Waals surface area contributed by atoms with Crippen molar-refractivity contribution in [2.24, 2.45) is 51.4 Å². The van der Waals surface area contributed by atoms with Crippen molar-refractivity contribution in [1.82, 2.24) is 40.1 Å². The molecule has 2 aliphatic heterocycles. The molecule has 11 rings (SSSR count). The molecule has 7 aliphatic rings. The SMILES string of the molecule is CN(C)C=C1C(=O)CCCC1=O.CN1N=CC2C(=O)/C(=C/O)CCC21.CN1N=CC2C(=O)CCCC21.CNN.CO.Cn1ncc2c1CCc1cnc(Nc3cccc(O)c3)nc1-2.NC(N)=Nc1cccc(O)c1.O=C1CCCC(=O)C1. The summed E-state index contributed by atoms with van der Waals surface area (Å²) in [7, 11) is 12.0. The number of carbonyl (C=O) groups excluding carboxylic acids is 6. The molecular formula is C57H79N15O10. The van der Waals surface area contributed by atoms with Crippen LogP contribution in [-0.4, -0.2) is 163 Å². The first-order valence-corrected chi connectivity index (χ1v) is 26.8. The normalized spacial score (nSPS) is 20.1. The molecule has 2 aromatic heterocycles. The maximum atomic E-state index is 11.6. The monoisotopic (exact) mass is 1130 g/mol. The molecule has 0 saturated heterocycles. The summed E-state index contributed by atoms with van der Waals surface area (Å²) in [6.07, 6.45) is 20.0. The van der Waals surface area contributed by atoms with Gasteiger partial charge in [-0.05, 0) is 88.2 Å². The van der Waals surface area contributed by atoms with Crippen LogP contribution in [0.2, 0.25) is 0 Å². The lowest BCUT2D eigenvalue weighted by molar-refractivity contribution is -0.130. The van der Waals surface area contributed by atoms with E-state index in [4.69, 9.17) is 26.8 Å². The van der Waals surface area contributed by atoms with Crippen LogP contribution in [0.25, 0.3) is 11.3 Å². The fraction of sp³-hybridized carbons (Fsp3) is 0.439. The van der Waals surface area contributed by atoms with Gasteiger partial charge in [0.25, 0.3) is 0 Å². The molecule has 0 bridgehead atoms. The number of nitrogens with zero attached hydrogens (tertiary/aromatic N) is 10. The number of Topliss-reactive ketones (excluding diaryl/α,β-unsaturated/α-hetero) is 6. The van der Waals surface area contributed by atoms with Crippen LogP contribution in [0.15, 0.2) is 99.7 Å². The number of ketones is 6. The minimum Gasteiger partial charge on any atom is -0.515 e. The lowest BCUT2D eigenvalue weighted by atomic mass is 9.82. The number of rotatable bonds is 4. The molecule has 82 heavy (non-hydrogen) atoms. The Morgan fingerprint density at radius 2 is 1.35 bits per heavy atom. The average molecular weight is 1130 g/mol. The lowest BCUT2D eigenvalue weighted by Gasteiger charge is -2.28. The van der Waals surface area contributed by atoms with Crippen molar-refractivity contribution in [3.63, 3.8) is 0 Å². The molecule has 12 N–H and O–H groups in total. The maximum Gasteiger partial charge on any atom is 0.227 e. The van der Waals surface area contributed by atoms with Crippen molar-refractivity contribution < 1.29 is 49.2 Å². The topological polar surface area (TPSA) is 376 Å². The first kappa shape index (κ1) is 65.8. The minimum atomic E-state index is -0.142. The Kier molecular flexibility index (Phi) is 26.6. The number of aromatic hydroxyl groups is 2. The number of hydrazone groups is 2. The highest BCUT2D eigenvalue weighted by Gasteiger charge is 2.39. The number of aryl methyl sites for hydroxylation is 2. The average Bonchev–Trinajstić information content (AvgIpc) is 3.97. The van der Waals surface area contributed by atoms with Crippen LogP contribution in [0.5, 0.6) is 11.5 Å². The second kappa shape index (κ2) is 33.2. The summed E-state index contributed by atoms with van der Waals surface area (Å²) in [5, 5.41) is 53.7. The van der Waals surface area contributed by atoms with E-state index < -0.39 is 0 Å². The predicted octanol–water partition coefficient (Wildman–Crippen LogP) is 4.23. The van der Waals surface area contributed by atoms with Gasteiger partial charge in [0, 0.05) is 134 Å². The molecule has 2 aromatic carbocycles. The molecule has 25 nitrogen and oxygen atoms in total. The number of aromatic nitrogens is 4. The van der Waals surface area contributed by atoms with E-state index in [9.17, 15) is 33.9 Å². The number of hydrazine groups is 1. The first-order chi connectivity index (χ1) is 39.2. The fourth-order valence-corrected chi connectivity index (χ4v) is 9.52. The smallest absolute Gasteiger partial charge is 0.227 e. The van der Waals surface area contributed by atoms with Gasteiger partial charge in [0.1, 0.15) is 28.8 Å². The molecule has 0 spiro atoms. The molecular weight excluding hydrogens is 1050 g/mol. The molecule has 4 atom stereocenters. The van der Waals surface area contributed by atoms with E-state index in [1.54, 1.807) is 67.0 Å². The fourth-order valence-electron chi connectivity index (χ4n) is 9.52. The standard InChI is InChI=1S/C16H15N5O.C9H12N2O2.C9H13NO2.C8H12N2O.C7H9N3O.C6H8O2.CH6N2.CH4O/c1-21-14-6-5-10-8-17-16(20-15(10)13(14)9-18-21)19-11-3-2-4-12(22)7-11;1-11-8-3-2-6(5-12)9(13)7(8)4-10-11;1-10(2)6-7-8(11)4-3-5-9(7)12;1-10-7-3-2-4-8(11)6(7)5-9-10;8-7(9)10-5-2-1-3-6(11)4-5;7-5-2-1-3-6(8)4-5;1-3-2;1-2/h2-4,7-9,22H,5-6H2,1H3,(H,17,19,20);4-5,7-8,12H,2-3H2,1H3;6H,3-5H2,1-2H3;5-7H,2-4H2,1H3;1-4,11H,(H4,8,9,10);1-4H2;3H,2H2,1H3;2H,1H3/b;6-5+;;;;;;. The summed E-state index contributed by atoms with van der Waals surface area (Å²) in [6, 6.07) is 13.8. The second-order valence-corrected chi connectivity index (χ2v) is 19.8. The van der Waals surface area contributed by atoms with E-state index in [1.165, 1.54) is 11.8 Å². The Balaban J connectivity index is 0.000000214. The Bertz CT molecular complexity index is 2950. The van der Waals surface area contributed by atoms with Crippen LogP contribution in [0.1, 0.15) is 88.3 Å². The van der Waals surface area contributed by atoms with E-state index >= 15 is 0 Å². The number of nitrogens with one attached hydrogen (secondary N) is 2. The number of hydrogen-bond donors (Lipinski definition) is 9. The van der Waals surface area contributed by atoms with Gasteiger partial charge < -0.3 is 42.1 Å². The Morgan fingerprint density at radius 1 is 0.756 bits per heavy atom. The summed E-state index contributed by atoms with van der Waals surface area (Å²) in [5.41, 5.74) is 19.0. The van der Waals surface area contributed by atoms with Crippen molar-refractivity contribution in [1.29, 1.82) is 0 Å². The van der Waals surface area contributed by atoms with Crippen LogP contribution in [0.4, 0.5) is 17.3 Å². The summed E-state index contributed by atoms with van der Waals surface area (Å²) < 4.78 is 1.91. The number of hydrogen-bond acceptors (Lipinski definition) is 22. The van der Waals surface area contributed by atoms with E-state index in [1.807, 2.05) is 68.4 Å². The number of anilines is 2. The van der Waals surface area contributed by atoms with Crippen LogP contribution >= 0.6 is 0 Å². The third-order valence-electron chi connectivity index (χ3n) is 13.5. The highest BCUT2D eigenvalue weighted by atomic mass is 16.3. The number of carbonyl (C=O) groups is 6. The van der Waals surface area contributed by atoms with Crippen molar-refractivity contribution in [2.45, 2.75) is 102 Å². The summed E-state index contributed by atoms with van der Waals surface area (Å²) in [4.78, 5) is 80.8. The summed E-state index contributed by atoms with van der Waals surface area (Å²) >= 11 is 0. The number of allylic oxidation sites excluding steroid dienone is 2. The van der Waals surface area contributed by atoms with E-state index in [2.05, 4.69) is 46.8 Å². The van der Waals surface area contributed by atoms with Crippen LogP contribution in [0.3, 0.4) is 0 Å². The number of nitrogens with two attached hydrogens (primary N) is 3. The van der Waals surface area contributed by atoms with E-state index in [0.717, 1.165) is 80.8 Å². The zero-order valence-corrected chi connectivity index (χ0v) is 47.7. The van der Waals surface area contributed by atoms with Gasteiger partial charge in [-0.2, -0.15) is 15.3 Å². The third-order valence-corrected chi connectivity index (χ3v) is 13.5.